The molecule has 0 fully saturated rings. The Kier molecular flexibility index (Phi) is 4.83. The minimum Gasteiger partial charge on any atom is -0.477 e. The van der Waals surface area contributed by atoms with E-state index in [-0.39, 0.29) is 31.0 Å². The van der Waals surface area contributed by atoms with Crippen molar-refractivity contribution in [2.24, 2.45) is 0 Å². The Morgan fingerprint density at radius 1 is 1.53 bits per heavy atom. The number of aryl methyl sites for hydroxylation is 1. The standard InChI is InChI=1S/C12H13N3O4/c1-8-5-10(16)9(12(18)19)6-15(8)7-11(17)14-4-2-3-13/h5-6H,2,4,7H2,1H3,(H,14,17)(H,18,19). The van der Waals surface area contributed by atoms with Gasteiger partial charge in [0.1, 0.15) is 12.1 Å². The van der Waals surface area contributed by atoms with Crippen molar-refractivity contribution in [3.05, 3.63) is 33.7 Å². The number of aromatic carboxylic acids is 1. The second-order valence-electron chi connectivity index (χ2n) is 3.88. The summed E-state index contributed by atoms with van der Waals surface area (Å²) in [4.78, 5) is 33.8. The molecule has 1 amide bonds. The lowest BCUT2D eigenvalue weighted by molar-refractivity contribution is -0.121. The fourth-order valence-electron chi connectivity index (χ4n) is 1.47. The van der Waals surface area contributed by atoms with Crippen molar-refractivity contribution < 1.29 is 14.7 Å². The quantitative estimate of drug-likeness (QED) is 0.719. The lowest BCUT2D eigenvalue weighted by atomic mass is 10.2. The van der Waals surface area contributed by atoms with Crippen LogP contribution in [0.2, 0.25) is 0 Å². The average Bonchev–Trinajstić information content (AvgIpc) is 2.32. The van der Waals surface area contributed by atoms with Crippen molar-refractivity contribution in [2.75, 3.05) is 6.54 Å². The third kappa shape index (κ3) is 3.96. The highest BCUT2D eigenvalue weighted by atomic mass is 16.4. The molecule has 0 aliphatic heterocycles. The number of carboxylic acids is 1. The number of carboxylic acid groups (broad SMARTS) is 1. The molecule has 100 valence electrons. The summed E-state index contributed by atoms with van der Waals surface area (Å²) in [6.07, 6.45) is 1.35. The molecule has 2 N–H and O–H groups in total. The van der Waals surface area contributed by atoms with Gasteiger partial charge in [-0.1, -0.05) is 0 Å². The summed E-state index contributed by atoms with van der Waals surface area (Å²) in [6, 6.07) is 3.06. The van der Waals surface area contributed by atoms with Gasteiger partial charge in [-0.25, -0.2) is 4.79 Å². The van der Waals surface area contributed by atoms with E-state index < -0.39 is 11.4 Å². The molecular formula is C12H13N3O4. The van der Waals surface area contributed by atoms with Gasteiger partial charge in [0, 0.05) is 24.5 Å². The van der Waals surface area contributed by atoms with Gasteiger partial charge in [-0.05, 0) is 6.92 Å². The predicted octanol–water partition coefficient (Wildman–Crippen LogP) is -0.115. The van der Waals surface area contributed by atoms with Crippen LogP contribution in [0.25, 0.3) is 0 Å². The number of nitriles is 1. The summed E-state index contributed by atoms with van der Waals surface area (Å²) < 4.78 is 1.38. The molecule has 1 aromatic heterocycles. The summed E-state index contributed by atoms with van der Waals surface area (Å²) >= 11 is 0. The van der Waals surface area contributed by atoms with Gasteiger partial charge in [-0.3, -0.25) is 9.59 Å². The number of carbonyl (C=O) groups excluding carboxylic acids is 1. The van der Waals surface area contributed by atoms with Gasteiger partial charge in [0.2, 0.25) is 5.91 Å². The van der Waals surface area contributed by atoms with Crippen LogP contribution in [-0.2, 0) is 11.3 Å². The number of hydrogen-bond donors (Lipinski definition) is 2. The Hall–Kier alpha value is -2.62. The van der Waals surface area contributed by atoms with Crippen molar-refractivity contribution in [3.63, 3.8) is 0 Å². The highest BCUT2D eigenvalue weighted by Gasteiger charge is 2.12. The largest absolute Gasteiger partial charge is 0.477 e. The summed E-state index contributed by atoms with van der Waals surface area (Å²) in [6.45, 7) is 1.74. The van der Waals surface area contributed by atoms with Crippen molar-refractivity contribution in [3.8, 4) is 6.07 Å². The van der Waals surface area contributed by atoms with E-state index in [1.165, 1.54) is 10.6 Å². The number of rotatable bonds is 5. The number of amides is 1. The van der Waals surface area contributed by atoms with Gasteiger partial charge in [0.05, 0.1) is 12.5 Å². The van der Waals surface area contributed by atoms with E-state index in [4.69, 9.17) is 10.4 Å². The van der Waals surface area contributed by atoms with E-state index in [9.17, 15) is 14.4 Å². The van der Waals surface area contributed by atoms with E-state index in [1.54, 1.807) is 6.92 Å². The van der Waals surface area contributed by atoms with E-state index in [0.29, 0.717) is 5.69 Å². The monoisotopic (exact) mass is 263 g/mol. The Bertz CT molecular complexity index is 598. The smallest absolute Gasteiger partial charge is 0.341 e. The number of nitrogens with one attached hydrogen (secondary N) is 1. The fourth-order valence-corrected chi connectivity index (χ4v) is 1.47. The molecule has 0 radical (unpaired) electrons. The van der Waals surface area contributed by atoms with E-state index in [2.05, 4.69) is 5.32 Å². The van der Waals surface area contributed by atoms with Gasteiger partial charge in [-0.2, -0.15) is 5.26 Å². The molecule has 0 aliphatic carbocycles. The maximum absolute atomic E-state index is 11.5. The first kappa shape index (κ1) is 14.4. The second-order valence-corrected chi connectivity index (χ2v) is 3.88. The molecule has 0 saturated heterocycles. The SMILES string of the molecule is Cc1cc(=O)c(C(=O)O)cn1CC(=O)NCCC#N. The molecule has 1 heterocycles. The molecule has 0 spiro atoms. The Labute approximate surface area is 109 Å². The molecule has 19 heavy (non-hydrogen) atoms. The average molecular weight is 263 g/mol. The van der Waals surface area contributed by atoms with Gasteiger partial charge >= 0.3 is 5.97 Å². The fraction of sp³-hybridized carbons (Fsp3) is 0.333. The van der Waals surface area contributed by atoms with E-state index >= 15 is 0 Å². The lowest BCUT2D eigenvalue weighted by Gasteiger charge is -2.11. The summed E-state index contributed by atoms with van der Waals surface area (Å²) in [5.41, 5.74) is -0.480. The van der Waals surface area contributed by atoms with Gasteiger partial charge in [0.25, 0.3) is 0 Å². The van der Waals surface area contributed by atoms with Crippen molar-refractivity contribution in [2.45, 2.75) is 19.9 Å². The van der Waals surface area contributed by atoms with Gasteiger partial charge < -0.3 is 15.0 Å². The zero-order valence-electron chi connectivity index (χ0n) is 10.3. The maximum atomic E-state index is 11.5. The first-order chi connectivity index (χ1) is 8.95. The molecule has 1 rings (SSSR count). The van der Waals surface area contributed by atoms with Crippen LogP contribution in [0, 0.1) is 18.3 Å². The minimum atomic E-state index is -1.33. The van der Waals surface area contributed by atoms with Crippen LogP contribution in [0.3, 0.4) is 0 Å². The van der Waals surface area contributed by atoms with Crippen LogP contribution in [0.1, 0.15) is 22.5 Å². The minimum absolute atomic E-state index is 0.0994. The van der Waals surface area contributed by atoms with E-state index in [1.807, 2.05) is 6.07 Å². The third-order valence-corrected chi connectivity index (χ3v) is 2.45. The summed E-state index contributed by atoms with van der Waals surface area (Å²) in [5, 5.41) is 19.7. The molecule has 0 aromatic carbocycles. The number of hydrogen-bond acceptors (Lipinski definition) is 4. The summed E-state index contributed by atoms with van der Waals surface area (Å²) in [7, 11) is 0. The third-order valence-electron chi connectivity index (χ3n) is 2.45. The van der Waals surface area contributed by atoms with Crippen molar-refractivity contribution in [1.82, 2.24) is 9.88 Å². The highest BCUT2D eigenvalue weighted by molar-refractivity contribution is 5.87. The summed E-state index contributed by atoms with van der Waals surface area (Å²) in [5.74, 6) is -1.68. The first-order valence-corrected chi connectivity index (χ1v) is 5.53. The van der Waals surface area contributed by atoms with Crippen LogP contribution >= 0.6 is 0 Å². The first-order valence-electron chi connectivity index (χ1n) is 5.53. The van der Waals surface area contributed by atoms with Crippen molar-refractivity contribution in [1.29, 1.82) is 5.26 Å². The van der Waals surface area contributed by atoms with Gasteiger partial charge in [-0.15, -0.1) is 0 Å². The molecular weight excluding hydrogens is 250 g/mol. The molecule has 0 unspecified atom stereocenters. The molecule has 7 nitrogen and oxygen atoms in total. The van der Waals surface area contributed by atoms with Crippen LogP contribution < -0.4 is 10.7 Å². The van der Waals surface area contributed by atoms with Crippen LogP contribution in [0.5, 0.6) is 0 Å². The van der Waals surface area contributed by atoms with Crippen LogP contribution in [0.15, 0.2) is 17.1 Å². The topological polar surface area (TPSA) is 112 Å². The molecule has 0 aliphatic rings. The Morgan fingerprint density at radius 3 is 2.79 bits per heavy atom. The molecule has 0 saturated carbocycles. The van der Waals surface area contributed by atoms with Crippen LogP contribution in [-0.4, -0.2) is 28.1 Å². The number of aromatic nitrogens is 1. The molecule has 1 aromatic rings. The Morgan fingerprint density at radius 2 is 2.21 bits per heavy atom. The molecule has 0 bridgehead atoms. The predicted molar refractivity (Wildman–Crippen MR) is 65.6 cm³/mol. The van der Waals surface area contributed by atoms with Gasteiger partial charge in [0.15, 0.2) is 5.43 Å². The second kappa shape index (κ2) is 6.35. The zero-order chi connectivity index (χ0) is 14.4. The number of carbonyl (C=O) groups is 2. The van der Waals surface area contributed by atoms with E-state index in [0.717, 1.165) is 6.20 Å². The maximum Gasteiger partial charge on any atom is 0.341 e. The zero-order valence-corrected chi connectivity index (χ0v) is 10.3. The highest BCUT2D eigenvalue weighted by Crippen LogP contribution is 1.99. The van der Waals surface area contributed by atoms with Crippen molar-refractivity contribution >= 4 is 11.9 Å². The molecule has 0 atom stereocenters. The number of pyridine rings is 1. The van der Waals surface area contributed by atoms with Crippen LogP contribution in [0.4, 0.5) is 0 Å². The Balaban J connectivity index is 2.87. The number of nitrogens with zero attached hydrogens (tertiary/aromatic N) is 2. The lowest BCUT2D eigenvalue weighted by Crippen LogP contribution is -2.30. The molecule has 7 heteroatoms. The normalized spacial score (nSPS) is 9.68.